The zero-order valence-electron chi connectivity index (χ0n) is 8.95. The van der Waals surface area contributed by atoms with Crippen molar-refractivity contribution in [2.75, 3.05) is 7.05 Å². The van der Waals surface area contributed by atoms with Crippen molar-refractivity contribution in [1.82, 2.24) is 35.3 Å². The third-order valence-electron chi connectivity index (χ3n) is 2.15. The highest BCUT2D eigenvalue weighted by atomic mass is 16.2. The summed E-state index contributed by atoms with van der Waals surface area (Å²) in [7, 11) is 3.39. The largest absolute Gasteiger partial charge is 0.333 e. The molecule has 0 aliphatic rings. The Morgan fingerprint density at radius 3 is 3.00 bits per heavy atom. The number of hydrogen-bond donors (Lipinski definition) is 1. The quantitative estimate of drug-likeness (QED) is 0.732. The van der Waals surface area contributed by atoms with Gasteiger partial charge in [-0.05, 0) is 6.07 Å². The molecule has 2 aromatic rings. The van der Waals surface area contributed by atoms with Gasteiger partial charge < -0.3 is 4.90 Å². The average molecular weight is 221 g/mol. The molecule has 0 aromatic carbocycles. The molecule has 0 aliphatic carbocycles. The van der Waals surface area contributed by atoms with E-state index in [9.17, 15) is 4.79 Å². The first-order chi connectivity index (χ1) is 7.68. The molecule has 0 atom stereocenters. The molecule has 1 N–H and O–H groups in total. The van der Waals surface area contributed by atoms with Crippen molar-refractivity contribution in [2.45, 2.75) is 6.54 Å². The summed E-state index contributed by atoms with van der Waals surface area (Å²) >= 11 is 0. The molecule has 0 saturated heterocycles. The van der Waals surface area contributed by atoms with Crippen LogP contribution in [0, 0.1) is 0 Å². The van der Waals surface area contributed by atoms with E-state index < -0.39 is 0 Å². The standard InChI is InChI=1S/C8H11N7O/c1-14(5-7-10-12-13-11-7)8(16)6-3-4-9-15(6)2/h3-4H,5H2,1-2H3,(H,10,11,12,13). The lowest BCUT2D eigenvalue weighted by molar-refractivity contribution is 0.0770. The van der Waals surface area contributed by atoms with Crippen molar-refractivity contribution in [2.24, 2.45) is 7.05 Å². The van der Waals surface area contributed by atoms with Gasteiger partial charge in [-0.3, -0.25) is 9.48 Å². The lowest BCUT2D eigenvalue weighted by atomic mass is 10.3. The molecule has 0 fully saturated rings. The zero-order chi connectivity index (χ0) is 11.5. The minimum atomic E-state index is -0.134. The summed E-state index contributed by atoms with van der Waals surface area (Å²) in [4.78, 5) is 13.4. The summed E-state index contributed by atoms with van der Waals surface area (Å²) in [6.07, 6.45) is 1.58. The molecule has 2 heterocycles. The Labute approximate surface area is 91.3 Å². The number of nitrogens with one attached hydrogen (secondary N) is 1. The monoisotopic (exact) mass is 221 g/mol. The number of aryl methyl sites for hydroxylation is 1. The maximum absolute atomic E-state index is 11.9. The van der Waals surface area contributed by atoms with Gasteiger partial charge in [-0.25, -0.2) is 0 Å². The van der Waals surface area contributed by atoms with Crippen molar-refractivity contribution >= 4 is 5.91 Å². The van der Waals surface area contributed by atoms with Crippen molar-refractivity contribution in [3.8, 4) is 0 Å². The number of carbonyl (C=O) groups excluding carboxylic acids is 1. The van der Waals surface area contributed by atoms with Gasteiger partial charge in [0, 0.05) is 20.3 Å². The van der Waals surface area contributed by atoms with E-state index >= 15 is 0 Å². The summed E-state index contributed by atoms with van der Waals surface area (Å²) < 4.78 is 1.52. The van der Waals surface area contributed by atoms with Crippen LogP contribution < -0.4 is 0 Å². The molecule has 0 unspecified atom stereocenters. The Morgan fingerprint density at radius 2 is 2.44 bits per heavy atom. The number of aromatic amines is 1. The lowest BCUT2D eigenvalue weighted by Crippen LogP contribution is -2.28. The number of amides is 1. The topological polar surface area (TPSA) is 92.6 Å². The average Bonchev–Trinajstić information content (AvgIpc) is 2.88. The lowest BCUT2D eigenvalue weighted by Gasteiger charge is -2.14. The maximum atomic E-state index is 11.9. The van der Waals surface area contributed by atoms with Crippen molar-refractivity contribution < 1.29 is 4.79 Å². The predicted octanol–water partition coefficient (Wildman–Crippen LogP) is -0.795. The van der Waals surface area contributed by atoms with Gasteiger partial charge in [0.25, 0.3) is 5.91 Å². The van der Waals surface area contributed by atoms with Gasteiger partial charge in [0.05, 0.1) is 6.54 Å². The smallest absolute Gasteiger partial charge is 0.272 e. The van der Waals surface area contributed by atoms with E-state index in [0.29, 0.717) is 18.1 Å². The first kappa shape index (κ1) is 10.3. The third-order valence-corrected chi connectivity index (χ3v) is 2.15. The van der Waals surface area contributed by atoms with Gasteiger partial charge >= 0.3 is 0 Å². The van der Waals surface area contributed by atoms with E-state index in [1.165, 1.54) is 9.58 Å². The van der Waals surface area contributed by atoms with E-state index in [2.05, 4.69) is 25.7 Å². The summed E-state index contributed by atoms with van der Waals surface area (Å²) in [5, 5.41) is 17.3. The Balaban J connectivity index is 2.08. The van der Waals surface area contributed by atoms with Gasteiger partial charge in [0.15, 0.2) is 5.82 Å². The fourth-order valence-corrected chi connectivity index (χ4v) is 1.31. The zero-order valence-corrected chi connectivity index (χ0v) is 8.95. The molecular weight excluding hydrogens is 210 g/mol. The second kappa shape index (κ2) is 4.09. The number of carbonyl (C=O) groups is 1. The second-order valence-electron chi connectivity index (χ2n) is 3.33. The fourth-order valence-electron chi connectivity index (χ4n) is 1.31. The van der Waals surface area contributed by atoms with Crippen LogP contribution in [-0.4, -0.2) is 48.3 Å². The van der Waals surface area contributed by atoms with Gasteiger partial charge in [-0.1, -0.05) is 5.21 Å². The van der Waals surface area contributed by atoms with Crippen LogP contribution in [0.2, 0.25) is 0 Å². The van der Waals surface area contributed by atoms with Crippen LogP contribution in [0.5, 0.6) is 0 Å². The van der Waals surface area contributed by atoms with Crippen LogP contribution in [0.4, 0.5) is 0 Å². The molecule has 0 aliphatic heterocycles. The molecule has 16 heavy (non-hydrogen) atoms. The molecule has 2 rings (SSSR count). The maximum Gasteiger partial charge on any atom is 0.272 e. The second-order valence-corrected chi connectivity index (χ2v) is 3.33. The molecule has 84 valence electrons. The molecule has 0 spiro atoms. The molecule has 0 saturated carbocycles. The van der Waals surface area contributed by atoms with E-state index in [-0.39, 0.29) is 5.91 Å². The van der Waals surface area contributed by atoms with Crippen molar-refractivity contribution in [3.05, 3.63) is 23.8 Å². The van der Waals surface area contributed by atoms with Crippen LogP contribution in [0.15, 0.2) is 12.3 Å². The van der Waals surface area contributed by atoms with Crippen molar-refractivity contribution in [3.63, 3.8) is 0 Å². The normalized spacial score (nSPS) is 10.4. The third kappa shape index (κ3) is 1.90. The first-order valence-electron chi connectivity index (χ1n) is 4.64. The minimum absolute atomic E-state index is 0.134. The summed E-state index contributed by atoms with van der Waals surface area (Å²) in [6, 6.07) is 1.66. The highest BCUT2D eigenvalue weighted by Gasteiger charge is 2.16. The molecule has 2 aromatic heterocycles. The summed E-state index contributed by atoms with van der Waals surface area (Å²) in [5.41, 5.74) is 0.519. The number of aromatic nitrogens is 6. The van der Waals surface area contributed by atoms with Gasteiger partial charge in [-0.2, -0.15) is 10.3 Å². The fraction of sp³-hybridized carbons (Fsp3) is 0.375. The Hall–Kier alpha value is -2.25. The Bertz CT molecular complexity index is 474. The van der Waals surface area contributed by atoms with Gasteiger partial charge in [0.1, 0.15) is 5.69 Å². The Kier molecular flexibility index (Phi) is 2.63. The molecule has 8 nitrogen and oxygen atoms in total. The number of hydrogen-bond acceptors (Lipinski definition) is 5. The van der Waals surface area contributed by atoms with Crippen LogP contribution in [0.3, 0.4) is 0 Å². The molecule has 8 heteroatoms. The predicted molar refractivity (Wildman–Crippen MR) is 53.2 cm³/mol. The first-order valence-corrected chi connectivity index (χ1v) is 4.64. The summed E-state index contributed by atoms with van der Waals surface area (Å²) in [5.74, 6) is 0.336. The van der Waals surface area contributed by atoms with E-state index in [1.807, 2.05) is 0 Å². The van der Waals surface area contributed by atoms with Crippen LogP contribution in [-0.2, 0) is 13.6 Å². The van der Waals surface area contributed by atoms with Crippen molar-refractivity contribution in [1.29, 1.82) is 0 Å². The van der Waals surface area contributed by atoms with E-state index in [1.54, 1.807) is 26.4 Å². The number of tetrazole rings is 1. The molecule has 0 radical (unpaired) electrons. The van der Waals surface area contributed by atoms with Gasteiger partial charge in [-0.15, -0.1) is 10.2 Å². The Morgan fingerprint density at radius 1 is 1.62 bits per heavy atom. The van der Waals surface area contributed by atoms with Crippen LogP contribution >= 0.6 is 0 Å². The molecular formula is C8H11N7O. The summed E-state index contributed by atoms with van der Waals surface area (Å²) in [6.45, 7) is 0.306. The van der Waals surface area contributed by atoms with Crippen LogP contribution in [0.1, 0.15) is 16.3 Å². The molecule has 1 amide bonds. The van der Waals surface area contributed by atoms with Gasteiger partial charge in [0.2, 0.25) is 0 Å². The molecule has 0 bridgehead atoms. The van der Waals surface area contributed by atoms with Crippen LogP contribution in [0.25, 0.3) is 0 Å². The number of rotatable bonds is 3. The number of H-pyrrole nitrogens is 1. The highest BCUT2D eigenvalue weighted by molar-refractivity contribution is 5.92. The SMILES string of the molecule is CN(Cc1nn[nH]n1)C(=O)c1ccnn1C. The highest BCUT2D eigenvalue weighted by Crippen LogP contribution is 2.03. The number of nitrogens with zero attached hydrogens (tertiary/aromatic N) is 6. The van der Waals surface area contributed by atoms with E-state index in [0.717, 1.165) is 0 Å². The minimum Gasteiger partial charge on any atom is -0.333 e. The van der Waals surface area contributed by atoms with E-state index in [4.69, 9.17) is 0 Å².